The molecule has 0 aliphatic carbocycles. The summed E-state index contributed by atoms with van der Waals surface area (Å²) in [5, 5.41) is 0. The summed E-state index contributed by atoms with van der Waals surface area (Å²) in [5.74, 6) is -2.05. The highest BCUT2D eigenvalue weighted by Gasteiger charge is 2.91. The van der Waals surface area contributed by atoms with Gasteiger partial charge in [-0.3, -0.25) is 0 Å². The highest BCUT2D eigenvalue weighted by molar-refractivity contribution is 5.15. The van der Waals surface area contributed by atoms with Gasteiger partial charge in [-0.25, -0.2) is 9.78 Å². The second-order valence-corrected chi connectivity index (χ2v) is 4.75. The molecule has 3 heterocycles. The maximum absolute atomic E-state index is 5.01. The van der Waals surface area contributed by atoms with Gasteiger partial charge in [0.1, 0.15) is 0 Å². The number of rotatable bonds is 0. The molecular weight excluding hydrogens is 192 g/mol. The van der Waals surface area contributed by atoms with E-state index in [1.165, 1.54) is 0 Å². The molecule has 0 aromatic rings. The van der Waals surface area contributed by atoms with Gasteiger partial charge in [0.15, 0.2) is 11.2 Å². The Hall–Kier alpha value is -0.240. The topological polar surface area (TPSA) is 55.4 Å². The van der Waals surface area contributed by atoms with Gasteiger partial charge in [-0.05, 0) is 27.7 Å². The van der Waals surface area contributed by atoms with Crippen LogP contribution in [0.4, 0.5) is 0 Å². The minimum Gasteiger partial charge on any atom is -0.221 e. The maximum Gasteiger partial charge on any atom is 0.326 e. The van der Waals surface area contributed by atoms with Gasteiger partial charge in [0, 0.05) is 0 Å². The van der Waals surface area contributed by atoms with Gasteiger partial charge in [-0.15, -0.1) is 0 Å². The zero-order chi connectivity index (χ0) is 10.2. The zero-order valence-corrected chi connectivity index (χ0v) is 8.45. The number of hydrogen-bond acceptors (Lipinski definition) is 6. The van der Waals surface area contributed by atoms with E-state index in [4.69, 9.17) is 29.3 Å². The predicted molar refractivity (Wildman–Crippen MR) is 40.1 cm³/mol. The second kappa shape index (κ2) is 1.99. The fraction of sp³-hybridized carbons (Fsp3) is 1.00. The van der Waals surface area contributed by atoms with Gasteiger partial charge >= 0.3 is 11.6 Å². The lowest BCUT2D eigenvalue weighted by Crippen LogP contribution is -2.92. The molecule has 3 aliphatic heterocycles. The van der Waals surface area contributed by atoms with Crippen LogP contribution in [-0.4, -0.2) is 22.8 Å². The van der Waals surface area contributed by atoms with Gasteiger partial charge in [-0.2, -0.15) is 19.6 Å². The second-order valence-electron chi connectivity index (χ2n) is 4.75. The summed E-state index contributed by atoms with van der Waals surface area (Å²) in [6.45, 7) is 7.33. The molecular formula is C8H12O6. The summed E-state index contributed by atoms with van der Waals surface area (Å²) in [6.07, 6.45) is 0. The van der Waals surface area contributed by atoms with Gasteiger partial charge in [-0.1, -0.05) is 0 Å². The first kappa shape index (κ1) is 9.02. The Balaban J connectivity index is 1.98. The van der Waals surface area contributed by atoms with E-state index in [1.54, 1.807) is 0 Å². The quantitative estimate of drug-likeness (QED) is 0.544. The summed E-state index contributed by atoms with van der Waals surface area (Å²) in [5.41, 5.74) is -1.24. The molecule has 3 rings (SSSR count). The Morgan fingerprint density at radius 2 is 0.786 bits per heavy atom. The Morgan fingerprint density at radius 3 is 0.857 bits per heavy atom. The predicted octanol–water partition coefficient (Wildman–Crippen LogP) is 0.822. The standard InChI is InChI=1S/C8H12O6/c1-5(2)7(11-9-5)8(14-13-7)6(3,4)10-12-8/h1-4H3. The van der Waals surface area contributed by atoms with E-state index >= 15 is 0 Å². The van der Waals surface area contributed by atoms with Crippen LogP contribution in [0.1, 0.15) is 27.7 Å². The molecule has 3 aliphatic rings. The molecule has 6 nitrogen and oxygen atoms in total. The first-order chi connectivity index (χ1) is 6.37. The Labute approximate surface area is 80.7 Å². The average Bonchev–Trinajstić information content (AvgIpc) is 1.99. The molecule has 0 saturated carbocycles. The lowest BCUT2D eigenvalue weighted by molar-refractivity contribution is -0.851. The minimum atomic E-state index is -1.03. The Kier molecular flexibility index (Phi) is 1.28. The van der Waals surface area contributed by atoms with Crippen molar-refractivity contribution in [2.45, 2.75) is 50.5 Å². The zero-order valence-electron chi connectivity index (χ0n) is 8.45. The number of fused-ring (bicyclic) bond motifs is 1. The number of hydrogen-bond donors (Lipinski definition) is 0. The maximum atomic E-state index is 5.01. The van der Waals surface area contributed by atoms with E-state index < -0.39 is 22.8 Å². The van der Waals surface area contributed by atoms with Crippen molar-refractivity contribution in [3.8, 4) is 0 Å². The van der Waals surface area contributed by atoms with E-state index in [0.29, 0.717) is 0 Å². The van der Waals surface area contributed by atoms with Crippen LogP contribution < -0.4 is 0 Å². The highest BCUT2D eigenvalue weighted by Crippen LogP contribution is 2.65. The summed E-state index contributed by atoms with van der Waals surface area (Å²) in [7, 11) is 0. The lowest BCUT2D eigenvalue weighted by atomic mass is 9.77. The van der Waals surface area contributed by atoms with Crippen molar-refractivity contribution in [3.63, 3.8) is 0 Å². The van der Waals surface area contributed by atoms with Crippen molar-refractivity contribution in [1.82, 2.24) is 0 Å². The molecule has 80 valence electrons. The molecule has 0 aromatic heterocycles. The van der Waals surface area contributed by atoms with E-state index in [-0.39, 0.29) is 0 Å². The molecule has 2 atom stereocenters. The third kappa shape index (κ3) is 0.597. The molecule has 6 heteroatoms. The van der Waals surface area contributed by atoms with Gasteiger partial charge in [0.25, 0.3) is 0 Å². The first-order valence-corrected chi connectivity index (χ1v) is 4.47. The van der Waals surface area contributed by atoms with Crippen LogP contribution in [0.3, 0.4) is 0 Å². The molecule has 2 spiro atoms. The van der Waals surface area contributed by atoms with E-state index in [2.05, 4.69) is 0 Å². The van der Waals surface area contributed by atoms with E-state index in [1.807, 2.05) is 27.7 Å². The third-order valence-corrected chi connectivity index (χ3v) is 3.03. The highest BCUT2D eigenvalue weighted by atomic mass is 17.5. The Bertz CT molecular complexity index is 262. The molecule has 0 aromatic carbocycles. The van der Waals surface area contributed by atoms with Crippen LogP contribution >= 0.6 is 0 Å². The molecule has 0 N–H and O–H groups in total. The van der Waals surface area contributed by atoms with E-state index in [0.717, 1.165) is 0 Å². The minimum absolute atomic E-state index is 0.619. The van der Waals surface area contributed by atoms with Gasteiger partial charge in [0.05, 0.1) is 0 Å². The van der Waals surface area contributed by atoms with Crippen LogP contribution in [0, 0.1) is 0 Å². The van der Waals surface area contributed by atoms with Crippen LogP contribution in [-0.2, 0) is 29.3 Å². The molecule has 0 bridgehead atoms. The third-order valence-electron chi connectivity index (χ3n) is 3.03. The molecule has 3 fully saturated rings. The largest absolute Gasteiger partial charge is 0.326 e. The normalized spacial score (nSPS) is 52.3. The summed E-state index contributed by atoms with van der Waals surface area (Å²) in [6, 6.07) is 0. The van der Waals surface area contributed by atoms with Crippen LogP contribution in [0.15, 0.2) is 0 Å². The van der Waals surface area contributed by atoms with Gasteiger partial charge < -0.3 is 0 Å². The molecule has 0 radical (unpaired) electrons. The lowest BCUT2D eigenvalue weighted by Gasteiger charge is -2.69. The smallest absolute Gasteiger partial charge is 0.221 e. The summed E-state index contributed by atoms with van der Waals surface area (Å²) in [4.78, 5) is 30.0. The molecule has 0 amide bonds. The van der Waals surface area contributed by atoms with Gasteiger partial charge in [0.2, 0.25) is 0 Å². The van der Waals surface area contributed by atoms with Crippen LogP contribution in [0.25, 0.3) is 0 Å². The summed E-state index contributed by atoms with van der Waals surface area (Å²) >= 11 is 0. The van der Waals surface area contributed by atoms with Crippen molar-refractivity contribution in [1.29, 1.82) is 0 Å². The van der Waals surface area contributed by atoms with Crippen molar-refractivity contribution in [2.24, 2.45) is 0 Å². The van der Waals surface area contributed by atoms with Crippen LogP contribution in [0.2, 0.25) is 0 Å². The Morgan fingerprint density at radius 1 is 0.500 bits per heavy atom. The van der Waals surface area contributed by atoms with Crippen molar-refractivity contribution in [3.05, 3.63) is 0 Å². The summed E-state index contributed by atoms with van der Waals surface area (Å²) < 4.78 is 0. The fourth-order valence-corrected chi connectivity index (χ4v) is 1.89. The SMILES string of the molecule is CC1(C)OOC12OOC21OOC1(C)C. The van der Waals surface area contributed by atoms with Crippen molar-refractivity contribution >= 4 is 0 Å². The van der Waals surface area contributed by atoms with Crippen molar-refractivity contribution in [2.75, 3.05) is 0 Å². The average molecular weight is 204 g/mol. The monoisotopic (exact) mass is 204 g/mol. The molecule has 3 saturated heterocycles. The fourth-order valence-electron chi connectivity index (χ4n) is 1.89. The molecule has 14 heavy (non-hydrogen) atoms. The van der Waals surface area contributed by atoms with E-state index in [9.17, 15) is 0 Å². The molecule has 2 unspecified atom stereocenters. The van der Waals surface area contributed by atoms with Crippen molar-refractivity contribution < 1.29 is 29.3 Å². The first-order valence-electron chi connectivity index (χ1n) is 4.47. The van der Waals surface area contributed by atoms with Crippen LogP contribution in [0.5, 0.6) is 0 Å².